The maximum Gasteiger partial charge on any atom is 0.191 e. The van der Waals surface area contributed by atoms with Crippen LogP contribution in [0.5, 0.6) is 0 Å². The SMILES string of the molecule is CN=C(NCCCn1nc(C)cc1C)NCc1cccc(-n2cccn2)c1.I. The van der Waals surface area contributed by atoms with Gasteiger partial charge in [0.15, 0.2) is 5.96 Å². The molecule has 0 amide bonds. The number of aromatic nitrogens is 4. The molecule has 2 aromatic heterocycles. The van der Waals surface area contributed by atoms with E-state index in [2.05, 4.69) is 50.9 Å². The average molecular weight is 493 g/mol. The van der Waals surface area contributed by atoms with Gasteiger partial charge in [0.25, 0.3) is 0 Å². The first-order valence-electron chi connectivity index (χ1n) is 9.20. The summed E-state index contributed by atoms with van der Waals surface area (Å²) in [5, 5.41) is 15.5. The third-order valence-corrected chi connectivity index (χ3v) is 4.31. The Labute approximate surface area is 183 Å². The number of halogens is 1. The monoisotopic (exact) mass is 493 g/mol. The predicted octanol–water partition coefficient (Wildman–Crippen LogP) is 3.06. The van der Waals surface area contributed by atoms with E-state index in [-0.39, 0.29) is 24.0 Å². The van der Waals surface area contributed by atoms with Gasteiger partial charge in [-0.05, 0) is 50.1 Å². The van der Waals surface area contributed by atoms with Gasteiger partial charge in [-0.25, -0.2) is 4.68 Å². The zero-order valence-corrected chi connectivity index (χ0v) is 18.9. The topological polar surface area (TPSA) is 72.1 Å². The Bertz CT molecular complexity index is 884. The van der Waals surface area contributed by atoms with Crippen LogP contribution < -0.4 is 10.6 Å². The summed E-state index contributed by atoms with van der Waals surface area (Å²) in [6, 6.07) is 12.3. The molecule has 150 valence electrons. The highest BCUT2D eigenvalue weighted by Gasteiger charge is 2.03. The lowest BCUT2D eigenvalue weighted by Crippen LogP contribution is -2.37. The van der Waals surface area contributed by atoms with E-state index < -0.39 is 0 Å². The molecule has 28 heavy (non-hydrogen) atoms. The van der Waals surface area contributed by atoms with E-state index in [1.807, 2.05) is 40.7 Å². The van der Waals surface area contributed by atoms with Crippen molar-refractivity contribution < 1.29 is 0 Å². The van der Waals surface area contributed by atoms with Crippen molar-refractivity contribution >= 4 is 29.9 Å². The fraction of sp³-hybridized carbons (Fsp3) is 0.350. The van der Waals surface area contributed by atoms with Crippen molar-refractivity contribution in [1.29, 1.82) is 0 Å². The summed E-state index contributed by atoms with van der Waals surface area (Å²) < 4.78 is 3.91. The van der Waals surface area contributed by atoms with Gasteiger partial charge in [0, 0.05) is 44.8 Å². The standard InChI is InChI=1S/C20H27N7.HI/c1-16-13-17(2)26(25-16)11-5-9-22-20(21-3)23-15-18-7-4-8-19(14-18)27-12-6-10-24-27;/h4,6-8,10,12-14H,5,9,11,15H2,1-3H3,(H2,21,22,23);1H. The summed E-state index contributed by atoms with van der Waals surface area (Å²) >= 11 is 0. The number of hydrogen-bond donors (Lipinski definition) is 2. The molecule has 0 fully saturated rings. The molecule has 0 atom stereocenters. The van der Waals surface area contributed by atoms with E-state index in [4.69, 9.17) is 0 Å². The number of benzene rings is 1. The molecule has 0 saturated carbocycles. The zero-order chi connectivity index (χ0) is 19.1. The van der Waals surface area contributed by atoms with E-state index in [0.29, 0.717) is 6.54 Å². The van der Waals surface area contributed by atoms with Crippen molar-refractivity contribution in [1.82, 2.24) is 30.2 Å². The lowest BCUT2D eigenvalue weighted by Gasteiger charge is -2.13. The molecule has 0 saturated heterocycles. The van der Waals surface area contributed by atoms with Crippen LogP contribution in [-0.2, 0) is 13.1 Å². The summed E-state index contributed by atoms with van der Waals surface area (Å²) in [5.41, 5.74) is 4.49. The maximum atomic E-state index is 4.49. The highest BCUT2D eigenvalue weighted by Crippen LogP contribution is 2.09. The van der Waals surface area contributed by atoms with Gasteiger partial charge in [-0.3, -0.25) is 9.67 Å². The highest BCUT2D eigenvalue weighted by molar-refractivity contribution is 14.0. The predicted molar refractivity (Wildman–Crippen MR) is 123 cm³/mol. The molecule has 0 aliphatic rings. The number of rotatable bonds is 7. The van der Waals surface area contributed by atoms with E-state index in [1.165, 1.54) is 11.3 Å². The van der Waals surface area contributed by atoms with Gasteiger partial charge in [-0.2, -0.15) is 10.2 Å². The molecule has 2 heterocycles. The molecule has 0 aliphatic heterocycles. The van der Waals surface area contributed by atoms with Gasteiger partial charge in [-0.15, -0.1) is 24.0 Å². The minimum Gasteiger partial charge on any atom is -0.356 e. The first-order valence-corrected chi connectivity index (χ1v) is 9.20. The Morgan fingerprint density at radius 3 is 2.68 bits per heavy atom. The molecule has 0 spiro atoms. The largest absolute Gasteiger partial charge is 0.356 e. The van der Waals surface area contributed by atoms with Crippen molar-refractivity contribution in [3.05, 3.63) is 65.7 Å². The van der Waals surface area contributed by atoms with Crippen LogP contribution in [0.15, 0.2) is 53.8 Å². The zero-order valence-electron chi connectivity index (χ0n) is 16.6. The van der Waals surface area contributed by atoms with Gasteiger partial charge in [-0.1, -0.05) is 12.1 Å². The van der Waals surface area contributed by atoms with Gasteiger partial charge in [0.1, 0.15) is 0 Å². The number of nitrogens with zero attached hydrogens (tertiary/aromatic N) is 5. The van der Waals surface area contributed by atoms with Crippen LogP contribution in [0.3, 0.4) is 0 Å². The number of nitrogens with one attached hydrogen (secondary N) is 2. The van der Waals surface area contributed by atoms with Crippen LogP contribution >= 0.6 is 24.0 Å². The molecular formula is C20H28IN7. The molecule has 1 aromatic carbocycles. The number of aryl methyl sites for hydroxylation is 3. The molecule has 8 heteroatoms. The van der Waals surface area contributed by atoms with Crippen molar-refractivity contribution in [3.63, 3.8) is 0 Å². The highest BCUT2D eigenvalue weighted by atomic mass is 127. The normalized spacial score (nSPS) is 11.2. The van der Waals surface area contributed by atoms with Crippen molar-refractivity contribution in [2.24, 2.45) is 4.99 Å². The number of aliphatic imine (C=N–C) groups is 1. The molecule has 3 aromatic rings. The Balaban J connectivity index is 0.00000280. The molecule has 0 bridgehead atoms. The van der Waals surface area contributed by atoms with E-state index in [1.54, 1.807) is 13.2 Å². The summed E-state index contributed by atoms with van der Waals surface area (Å²) in [7, 11) is 1.79. The first-order chi connectivity index (χ1) is 13.2. The Hall–Kier alpha value is -2.36. The minimum absolute atomic E-state index is 0. The average Bonchev–Trinajstić information content (AvgIpc) is 3.31. The Morgan fingerprint density at radius 1 is 1.14 bits per heavy atom. The summed E-state index contributed by atoms with van der Waals surface area (Å²) in [5.74, 6) is 0.799. The van der Waals surface area contributed by atoms with Gasteiger partial charge in [0.05, 0.1) is 11.4 Å². The van der Waals surface area contributed by atoms with Crippen LogP contribution in [-0.4, -0.2) is 39.1 Å². The molecule has 3 rings (SSSR count). The molecule has 7 nitrogen and oxygen atoms in total. The number of guanidine groups is 1. The van der Waals surface area contributed by atoms with Crippen LogP contribution in [0, 0.1) is 13.8 Å². The van der Waals surface area contributed by atoms with Gasteiger partial charge in [0.2, 0.25) is 0 Å². The second-order valence-electron chi connectivity index (χ2n) is 6.48. The van der Waals surface area contributed by atoms with Crippen LogP contribution in [0.25, 0.3) is 5.69 Å². The second kappa shape index (κ2) is 10.8. The van der Waals surface area contributed by atoms with Gasteiger partial charge >= 0.3 is 0 Å². The third-order valence-electron chi connectivity index (χ3n) is 4.31. The van der Waals surface area contributed by atoms with Crippen LogP contribution in [0.1, 0.15) is 23.4 Å². The van der Waals surface area contributed by atoms with Crippen molar-refractivity contribution in [3.8, 4) is 5.69 Å². The van der Waals surface area contributed by atoms with Gasteiger partial charge < -0.3 is 10.6 Å². The minimum atomic E-state index is 0. The fourth-order valence-corrected chi connectivity index (χ4v) is 2.97. The van der Waals surface area contributed by atoms with E-state index >= 15 is 0 Å². The van der Waals surface area contributed by atoms with Crippen molar-refractivity contribution in [2.45, 2.75) is 33.4 Å². The van der Waals surface area contributed by atoms with Crippen LogP contribution in [0.2, 0.25) is 0 Å². The quantitative estimate of drug-likeness (QED) is 0.230. The lowest BCUT2D eigenvalue weighted by molar-refractivity contribution is 0.555. The maximum absolute atomic E-state index is 4.49. The molecule has 0 radical (unpaired) electrons. The molecule has 2 N–H and O–H groups in total. The third kappa shape index (κ3) is 6.08. The van der Waals surface area contributed by atoms with E-state index in [9.17, 15) is 0 Å². The lowest BCUT2D eigenvalue weighted by atomic mass is 10.2. The Kier molecular flexibility index (Phi) is 8.49. The molecule has 0 aliphatic carbocycles. The second-order valence-corrected chi connectivity index (χ2v) is 6.48. The summed E-state index contributed by atoms with van der Waals surface area (Å²) in [6.45, 7) is 6.55. The number of hydrogen-bond acceptors (Lipinski definition) is 3. The smallest absolute Gasteiger partial charge is 0.191 e. The Morgan fingerprint density at radius 2 is 2.00 bits per heavy atom. The molecule has 0 unspecified atom stereocenters. The van der Waals surface area contributed by atoms with Crippen LogP contribution in [0.4, 0.5) is 0 Å². The summed E-state index contributed by atoms with van der Waals surface area (Å²) in [6.07, 6.45) is 4.70. The fourth-order valence-electron chi connectivity index (χ4n) is 2.97. The van der Waals surface area contributed by atoms with E-state index in [0.717, 1.165) is 36.9 Å². The molecular weight excluding hydrogens is 465 g/mol. The summed E-state index contributed by atoms with van der Waals surface area (Å²) in [4.78, 5) is 4.30. The first kappa shape index (κ1) is 21.9. The van der Waals surface area contributed by atoms with Crippen molar-refractivity contribution in [2.75, 3.05) is 13.6 Å².